The molecule has 2 N–H and O–H groups in total. The van der Waals surface area contributed by atoms with Crippen molar-refractivity contribution in [2.24, 2.45) is 0 Å². The molecule has 0 aromatic heterocycles. The van der Waals surface area contributed by atoms with Gasteiger partial charge in [0.1, 0.15) is 0 Å². The highest BCUT2D eigenvalue weighted by molar-refractivity contribution is 9.10. The first kappa shape index (κ1) is 21.7. The lowest BCUT2D eigenvalue weighted by Gasteiger charge is -2.19. The predicted octanol–water partition coefficient (Wildman–Crippen LogP) is 5.06. The molecule has 4 nitrogen and oxygen atoms in total. The van der Waals surface area contributed by atoms with Crippen molar-refractivity contribution in [3.63, 3.8) is 0 Å². The monoisotopic (exact) mass is 484 g/mol. The molecule has 0 heterocycles. The van der Waals surface area contributed by atoms with E-state index in [1.54, 1.807) is 12.1 Å². The third kappa shape index (κ3) is 5.03. The van der Waals surface area contributed by atoms with Crippen LogP contribution in [-0.2, 0) is 26.8 Å². The topological polar surface area (TPSA) is 74.6 Å². The minimum atomic E-state index is -5.62. The number of thioether (sulfide) groups is 1. The van der Waals surface area contributed by atoms with Crippen LogP contribution in [0.5, 0.6) is 0 Å². The summed E-state index contributed by atoms with van der Waals surface area (Å²) in [5, 5.41) is 0. The van der Waals surface area contributed by atoms with E-state index in [0.29, 0.717) is 16.2 Å². The summed E-state index contributed by atoms with van der Waals surface area (Å²) in [5.41, 5.74) is -4.36. The molecule has 0 radical (unpaired) electrons. The minimum Gasteiger partial charge on any atom is -0.320 e. The Morgan fingerprint density at radius 3 is 2.38 bits per heavy atom. The van der Waals surface area contributed by atoms with Gasteiger partial charge in [-0.15, -0.1) is 11.8 Å². The average molecular weight is 485 g/mol. The van der Waals surface area contributed by atoms with Crippen LogP contribution in [0.2, 0.25) is 0 Å². The highest BCUT2D eigenvalue weighted by atomic mass is 79.9. The van der Waals surface area contributed by atoms with Gasteiger partial charge in [-0.05, 0) is 30.7 Å². The molecule has 0 bridgehead atoms. The number of hydrogen-bond donors (Lipinski definition) is 2. The Hall–Kier alpha value is -0.570. The normalized spacial score (nSPS) is 14.8. The van der Waals surface area contributed by atoms with Crippen molar-refractivity contribution < 1.29 is 27.3 Å². The van der Waals surface area contributed by atoms with E-state index >= 15 is 0 Å². The molecule has 26 heavy (non-hydrogen) atoms. The molecule has 0 saturated heterocycles. The van der Waals surface area contributed by atoms with Crippen LogP contribution in [0.4, 0.5) is 8.78 Å². The summed E-state index contributed by atoms with van der Waals surface area (Å²) in [5.74, 6) is 0.417. The lowest BCUT2D eigenvalue weighted by atomic mass is 10.1. The lowest BCUT2D eigenvalue weighted by molar-refractivity contribution is 0.0557. The van der Waals surface area contributed by atoms with Gasteiger partial charge in [0.15, 0.2) is 0 Å². The molecule has 0 fully saturated rings. The minimum absolute atomic E-state index is 0.0826. The number of rotatable bonds is 7. The molecule has 2 aromatic rings. The molecule has 0 aliphatic heterocycles. The highest BCUT2D eigenvalue weighted by Crippen LogP contribution is 2.60. The summed E-state index contributed by atoms with van der Waals surface area (Å²) in [7, 11) is -6.83. The van der Waals surface area contributed by atoms with Crippen LogP contribution in [-0.4, -0.2) is 18.6 Å². The van der Waals surface area contributed by atoms with E-state index in [0.717, 1.165) is 6.07 Å². The lowest BCUT2D eigenvalue weighted by Crippen LogP contribution is -2.14. The summed E-state index contributed by atoms with van der Waals surface area (Å²) in [4.78, 5) is 18.4. The molecule has 2 unspecified atom stereocenters. The maximum absolute atomic E-state index is 13.8. The molecular formula is C16H16BrF2O4PS2. The van der Waals surface area contributed by atoms with E-state index in [4.69, 9.17) is 9.79 Å². The molecule has 2 rings (SSSR count). The highest BCUT2D eigenvalue weighted by Gasteiger charge is 2.51. The van der Waals surface area contributed by atoms with Crippen molar-refractivity contribution in [1.82, 2.24) is 0 Å². The van der Waals surface area contributed by atoms with Gasteiger partial charge < -0.3 is 9.79 Å². The number of benzene rings is 2. The number of hydrogen-bond acceptors (Lipinski definition) is 3. The fourth-order valence-electron chi connectivity index (χ4n) is 2.07. The molecule has 0 aliphatic rings. The van der Waals surface area contributed by atoms with Crippen LogP contribution in [0.25, 0.3) is 0 Å². The maximum Gasteiger partial charge on any atom is 0.399 e. The van der Waals surface area contributed by atoms with Gasteiger partial charge in [0, 0.05) is 20.7 Å². The van der Waals surface area contributed by atoms with E-state index < -0.39 is 29.6 Å². The van der Waals surface area contributed by atoms with Crippen molar-refractivity contribution in [1.29, 1.82) is 0 Å². The first-order chi connectivity index (χ1) is 12.0. The second-order valence-electron chi connectivity index (χ2n) is 5.39. The first-order valence-corrected chi connectivity index (χ1v) is 12.0. The third-order valence-corrected chi connectivity index (χ3v) is 8.36. The van der Waals surface area contributed by atoms with E-state index in [2.05, 4.69) is 15.9 Å². The zero-order chi connectivity index (χ0) is 19.5. The summed E-state index contributed by atoms with van der Waals surface area (Å²) in [6.07, 6.45) is 0. The van der Waals surface area contributed by atoms with E-state index in [1.807, 2.05) is 25.1 Å². The summed E-state index contributed by atoms with van der Waals surface area (Å²) < 4.78 is 50.8. The molecule has 142 valence electrons. The van der Waals surface area contributed by atoms with E-state index in [9.17, 15) is 17.6 Å². The smallest absolute Gasteiger partial charge is 0.320 e. The van der Waals surface area contributed by atoms with E-state index in [-0.39, 0.29) is 9.05 Å². The van der Waals surface area contributed by atoms with Crippen LogP contribution in [0.3, 0.4) is 0 Å². The second-order valence-corrected chi connectivity index (χ2v) is 11.3. The molecule has 0 spiro atoms. The molecule has 0 aliphatic carbocycles. The molecule has 10 heteroatoms. The van der Waals surface area contributed by atoms with Crippen molar-refractivity contribution in [2.45, 2.75) is 27.8 Å². The quantitative estimate of drug-likeness (QED) is 0.537. The molecule has 2 aromatic carbocycles. The summed E-state index contributed by atoms with van der Waals surface area (Å²) in [6.45, 7) is 1.82. The van der Waals surface area contributed by atoms with Crippen LogP contribution in [0, 0.1) is 0 Å². The molecule has 0 saturated carbocycles. The molecule has 0 amide bonds. The Morgan fingerprint density at radius 1 is 1.23 bits per heavy atom. The van der Waals surface area contributed by atoms with Gasteiger partial charge in [0.05, 0.1) is 15.4 Å². The summed E-state index contributed by atoms with van der Waals surface area (Å²) >= 11 is 4.35. The van der Waals surface area contributed by atoms with Crippen LogP contribution in [0.15, 0.2) is 57.9 Å². The first-order valence-electron chi connectivity index (χ1n) is 7.33. The van der Waals surface area contributed by atoms with E-state index in [1.165, 1.54) is 23.9 Å². The van der Waals surface area contributed by atoms with Gasteiger partial charge in [-0.25, -0.2) is 0 Å². The van der Waals surface area contributed by atoms with Gasteiger partial charge in [-0.3, -0.25) is 8.77 Å². The number of halogens is 3. The second kappa shape index (κ2) is 8.63. The Morgan fingerprint density at radius 2 is 1.85 bits per heavy atom. The van der Waals surface area contributed by atoms with Crippen LogP contribution in [0.1, 0.15) is 18.1 Å². The Labute approximate surface area is 165 Å². The van der Waals surface area contributed by atoms with Gasteiger partial charge in [0.2, 0.25) is 0 Å². The number of alkyl halides is 2. The fraction of sp³-hybridized carbons (Fsp3) is 0.250. The van der Waals surface area contributed by atoms with Gasteiger partial charge in [-0.2, -0.15) is 8.78 Å². The van der Waals surface area contributed by atoms with Gasteiger partial charge in [-0.1, -0.05) is 46.3 Å². The predicted molar refractivity (Wildman–Crippen MR) is 104 cm³/mol. The fourth-order valence-corrected chi connectivity index (χ4v) is 5.86. The van der Waals surface area contributed by atoms with Crippen molar-refractivity contribution in [2.75, 3.05) is 0 Å². The molecule has 2 atom stereocenters. The zero-order valence-corrected chi connectivity index (χ0v) is 17.6. The Balaban J connectivity index is 2.09. The van der Waals surface area contributed by atoms with Crippen LogP contribution < -0.4 is 0 Å². The van der Waals surface area contributed by atoms with Gasteiger partial charge in [0.25, 0.3) is 0 Å². The van der Waals surface area contributed by atoms with Gasteiger partial charge >= 0.3 is 13.3 Å². The standard InChI is InChI=1S/C16H16BrF2O4PS2/c1-11(26(23)13-5-3-2-4-6-13)25-10-12-7-8-14(15(17)9-12)16(18,19)24(20,21)22/h2-9,11H,10H2,1H3,(H2,20,21,22). The maximum atomic E-state index is 13.8. The van der Waals surface area contributed by atoms with Crippen molar-refractivity contribution in [3.8, 4) is 0 Å². The Bertz CT molecular complexity index is 845. The Kier molecular flexibility index (Phi) is 7.21. The van der Waals surface area contributed by atoms with Crippen molar-refractivity contribution in [3.05, 3.63) is 64.1 Å². The zero-order valence-electron chi connectivity index (χ0n) is 13.5. The molecular weight excluding hydrogens is 469 g/mol. The average Bonchev–Trinajstić information content (AvgIpc) is 2.58. The third-order valence-electron chi connectivity index (χ3n) is 3.49. The van der Waals surface area contributed by atoms with Crippen molar-refractivity contribution >= 4 is 46.1 Å². The van der Waals surface area contributed by atoms with Crippen LogP contribution >= 0.6 is 35.3 Å². The SMILES string of the molecule is CC(SCc1ccc(C(F)(F)P(=O)(O)O)c(Br)c1)S(=O)c1ccccc1. The largest absolute Gasteiger partial charge is 0.399 e. The summed E-state index contributed by atoms with van der Waals surface area (Å²) in [6, 6.07) is 12.8.